The second-order valence-corrected chi connectivity index (χ2v) is 10.0. The molecule has 0 unspecified atom stereocenters. The summed E-state index contributed by atoms with van der Waals surface area (Å²) in [5.41, 5.74) is 6.19. The van der Waals surface area contributed by atoms with E-state index >= 15 is 0 Å². The average Bonchev–Trinajstić information content (AvgIpc) is 3.35. The van der Waals surface area contributed by atoms with Crippen molar-refractivity contribution in [1.29, 1.82) is 0 Å². The van der Waals surface area contributed by atoms with E-state index in [2.05, 4.69) is 65.6 Å². The first kappa shape index (κ1) is 21.4. The van der Waals surface area contributed by atoms with Crippen LogP contribution >= 0.6 is 0 Å². The summed E-state index contributed by atoms with van der Waals surface area (Å²) in [4.78, 5) is 22.4. The van der Waals surface area contributed by atoms with Gasteiger partial charge in [-0.05, 0) is 49.2 Å². The van der Waals surface area contributed by atoms with Crippen LogP contribution < -0.4 is 16.2 Å². The van der Waals surface area contributed by atoms with Gasteiger partial charge in [-0.15, -0.1) is 0 Å². The van der Waals surface area contributed by atoms with E-state index in [0.29, 0.717) is 11.2 Å². The fourth-order valence-corrected chi connectivity index (χ4v) is 4.39. The highest BCUT2D eigenvalue weighted by Gasteiger charge is 2.21. The van der Waals surface area contributed by atoms with Gasteiger partial charge in [0.05, 0.1) is 16.6 Å². The topological polar surface area (TPSA) is 76.8 Å². The Labute approximate surface area is 193 Å². The zero-order valence-electron chi connectivity index (χ0n) is 19.8. The minimum atomic E-state index is -0.0986. The highest BCUT2D eigenvalue weighted by Crippen LogP contribution is 2.27. The highest BCUT2D eigenvalue weighted by molar-refractivity contribution is 5.83. The minimum Gasteiger partial charge on any atom is -0.340 e. The predicted molar refractivity (Wildman–Crippen MR) is 132 cm³/mol. The summed E-state index contributed by atoms with van der Waals surface area (Å²) >= 11 is 0. The number of anilines is 2. The van der Waals surface area contributed by atoms with Crippen molar-refractivity contribution in [2.45, 2.75) is 59.2 Å². The second kappa shape index (κ2) is 7.85. The van der Waals surface area contributed by atoms with Gasteiger partial charge in [0.2, 0.25) is 0 Å². The van der Waals surface area contributed by atoms with Crippen LogP contribution in [0.25, 0.3) is 16.6 Å². The van der Waals surface area contributed by atoms with Gasteiger partial charge in [0, 0.05) is 54.4 Å². The molecule has 1 aliphatic heterocycles. The largest absolute Gasteiger partial charge is 0.340 e. The van der Waals surface area contributed by atoms with Crippen LogP contribution in [0.2, 0.25) is 0 Å². The summed E-state index contributed by atoms with van der Waals surface area (Å²) in [6.07, 6.45) is 3.49. The van der Waals surface area contributed by atoms with Crippen LogP contribution in [0.5, 0.6) is 0 Å². The van der Waals surface area contributed by atoms with Gasteiger partial charge in [-0.3, -0.25) is 9.78 Å². The molecule has 0 saturated carbocycles. The van der Waals surface area contributed by atoms with Gasteiger partial charge in [-0.1, -0.05) is 26.8 Å². The summed E-state index contributed by atoms with van der Waals surface area (Å²) < 4.78 is 3.79. The number of benzene rings is 1. The van der Waals surface area contributed by atoms with E-state index in [1.54, 1.807) is 10.9 Å². The number of nitrogens with zero attached hydrogens (tertiary/aromatic N) is 4. The summed E-state index contributed by atoms with van der Waals surface area (Å²) in [5, 5.41) is 7.39. The quantitative estimate of drug-likeness (QED) is 0.474. The smallest absolute Gasteiger partial charge is 0.276 e. The lowest BCUT2D eigenvalue weighted by Crippen LogP contribution is -2.24. The van der Waals surface area contributed by atoms with Gasteiger partial charge < -0.3 is 10.6 Å². The fourth-order valence-electron chi connectivity index (χ4n) is 4.39. The maximum atomic E-state index is 13.3. The molecule has 170 valence electrons. The normalized spacial score (nSPS) is 13.6. The van der Waals surface area contributed by atoms with E-state index < -0.39 is 0 Å². The van der Waals surface area contributed by atoms with Crippen molar-refractivity contribution in [3.05, 3.63) is 76.0 Å². The molecule has 0 amide bonds. The van der Waals surface area contributed by atoms with E-state index in [0.717, 1.165) is 35.7 Å². The maximum absolute atomic E-state index is 13.3. The molecular weight excluding hydrogens is 412 g/mol. The van der Waals surface area contributed by atoms with Crippen molar-refractivity contribution >= 4 is 22.4 Å². The molecule has 0 aliphatic carbocycles. The lowest BCUT2D eigenvalue weighted by Gasteiger charge is -2.21. The third kappa shape index (κ3) is 3.82. The number of hydrogen-bond acceptors (Lipinski definition) is 5. The van der Waals surface area contributed by atoms with Crippen LogP contribution in [0.15, 0.2) is 53.6 Å². The summed E-state index contributed by atoms with van der Waals surface area (Å²) in [6, 6.07) is 12.3. The Hall–Kier alpha value is -3.45. The molecule has 33 heavy (non-hydrogen) atoms. The van der Waals surface area contributed by atoms with Gasteiger partial charge in [0.25, 0.3) is 5.56 Å². The molecule has 0 bridgehead atoms. The molecule has 2 N–H and O–H groups in total. The summed E-state index contributed by atoms with van der Waals surface area (Å²) in [7, 11) is 0. The first-order valence-electron chi connectivity index (χ1n) is 11.4. The van der Waals surface area contributed by atoms with Gasteiger partial charge in [-0.2, -0.15) is 0 Å². The van der Waals surface area contributed by atoms with Crippen molar-refractivity contribution in [2.24, 2.45) is 0 Å². The Balaban J connectivity index is 1.65. The van der Waals surface area contributed by atoms with Crippen molar-refractivity contribution in [2.75, 3.05) is 5.32 Å². The molecule has 4 aromatic rings. The molecule has 7 nitrogen and oxygen atoms in total. The van der Waals surface area contributed by atoms with Gasteiger partial charge >= 0.3 is 0 Å². The van der Waals surface area contributed by atoms with E-state index in [1.165, 1.54) is 11.1 Å². The Kier molecular flexibility index (Phi) is 5.09. The molecule has 0 atom stereocenters. The fraction of sp³-hybridized carbons (Fsp3) is 0.346. The average molecular weight is 443 g/mol. The van der Waals surface area contributed by atoms with Crippen molar-refractivity contribution in [1.82, 2.24) is 24.6 Å². The summed E-state index contributed by atoms with van der Waals surface area (Å²) in [6.45, 7) is 12.3. The summed E-state index contributed by atoms with van der Waals surface area (Å²) in [5.74, 6) is 0.702. The zero-order valence-corrected chi connectivity index (χ0v) is 19.8. The number of hydrogen-bond donors (Lipinski definition) is 2. The van der Waals surface area contributed by atoms with Crippen LogP contribution in [0.3, 0.4) is 0 Å². The maximum Gasteiger partial charge on any atom is 0.276 e. The Morgan fingerprint density at radius 2 is 1.82 bits per heavy atom. The molecular formula is C26H30N6O. The first-order valence-corrected chi connectivity index (χ1v) is 11.4. The van der Waals surface area contributed by atoms with Crippen molar-refractivity contribution < 1.29 is 0 Å². The molecule has 0 radical (unpaired) electrons. The van der Waals surface area contributed by atoms with E-state index in [1.807, 2.05) is 36.9 Å². The molecule has 1 aromatic carbocycles. The third-order valence-electron chi connectivity index (χ3n) is 6.12. The third-order valence-corrected chi connectivity index (χ3v) is 6.12. The number of fused-ring (bicyclic) bond motifs is 2. The Morgan fingerprint density at radius 1 is 1.03 bits per heavy atom. The standard InChI is InChI=1S/C26H30N6O/c1-16(2)31-25(33)21-15-29-24(30-19-7-6-17-13-27-14-18(17)10-19)12-22(21)32(31)20-8-9-28-23(11-20)26(3,4)5/h6-12,15-16,27H,13-14H2,1-5H3,(H,29,30). The molecule has 0 saturated heterocycles. The Morgan fingerprint density at radius 3 is 2.58 bits per heavy atom. The van der Waals surface area contributed by atoms with E-state index in [-0.39, 0.29) is 17.0 Å². The first-order chi connectivity index (χ1) is 15.7. The predicted octanol–water partition coefficient (Wildman–Crippen LogP) is 4.81. The molecule has 7 heteroatoms. The van der Waals surface area contributed by atoms with Crippen LogP contribution in [0.4, 0.5) is 11.5 Å². The van der Waals surface area contributed by atoms with Crippen molar-refractivity contribution in [3.63, 3.8) is 0 Å². The number of pyridine rings is 2. The van der Waals surface area contributed by atoms with Gasteiger partial charge in [0.15, 0.2) is 0 Å². The highest BCUT2D eigenvalue weighted by atomic mass is 16.1. The monoisotopic (exact) mass is 442 g/mol. The molecule has 0 fully saturated rings. The minimum absolute atomic E-state index is 0.0169. The molecule has 5 rings (SSSR count). The lowest BCUT2D eigenvalue weighted by atomic mass is 9.91. The van der Waals surface area contributed by atoms with Crippen LogP contribution in [0.1, 0.15) is 57.5 Å². The number of aromatic nitrogens is 4. The van der Waals surface area contributed by atoms with Crippen molar-refractivity contribution in [3.8, 4) is 5.69 Å². The van der Waals surface area contributed by atoms with Gasteiger partial charge in [0.1, 0.15) is 5.82 Å². The molecule has 1 aliphatic rings. The van der Waals surface area contributed by atoms with Crippen LogP contribution in [-0.4, -0.2) is 19.3 Å². The SMILES string of the molecule is CC(C)n1c(=O)c2cnc(Nc3ccc4c(c3)CNC4)cc2n1-c1ccnc(C(C)(C)C)c1. The zero-order chi connectivity index (χ0) is 23.3. The second-order valence-electron chi connectivity index (χ2n) is 10.0. The molecule has 4 heterocycles. The van der Waals surface area contributed by atoms with Crippen LogP contribution in [-0.2, 0) is 18.5 Å². The lowest BCUT2D eigenvalue weighted by molar-refractivity contribution is 0.476. The van der Waals surface area contributed by atoms with E-state index in [9.17, 15) is 4.79 Å². The molecule has 3 aromatic heterocycles. The molecule has 0 spiro atoms. The Bertz CT molecular complexity index is 1410. The number of nitrogens with one attached hydrogen (secondary N) is 2. The van der Waals surface area contributed by atoms with Crippen LogP contribution in [0, 0.1) is 0 Å². The van der Waals surface area contributed by atoms with Gasteiger partial charge in [-0.25, -0.2) is 14.3 Å². The van der Waals surface area contributed by atoms with E-state index in [4.69, 9.17) is 0 Å². The number of rotatable bonds is 4.